The Hall–Kier alpha value is -3.20. The molecule has 1 aliphatic rings. The van der Waals surface area contributed by atoms with Crippen molar-refractivity contribution >= 4 is 15.7 Å². The zero-order valence-corrected chi connectivity index (χ0v) is 16.7. The zero-order valence-electron chi connectivity index (χ0n) is 15.8. The number of nitrogens with zero attached hydrogens (tertiary/aromatic N) is 2. The molecule has 7 nitrogen and oxygen atoms in total. The third kappa shape index (κ3) is 4.14. The fourth-order valence-electron chi connectivity index (χ4n) is 3.17. The average Bonchev–Trinajstić information content (AvgIpc) is 2.66. The summed E-state index contributed by atoms with van der Waals surface area (Å²) < 4.78 is 22.5. The van der Waals surface area contributed by atoms with Gasteiger partial charge in [0.1, 0.15) is 6.04 Å². The van der Waals surface area contributed by atoms with Crippen molar-refractivity contribution in [3.63, 3.8) is 0 Å². The van der Waals surface area contributed by atoms with Gasteiger partial charge >= 0.3 is 0 Å². The maximum atomic E-state index is 12.5. The normalized spacial score (nSPS) is 16.0. The van der Waals surface area contributed by atoms with Gasteiger partial charge in [0.2, 0.25) is 5.91 Å². The van der Waals surface area contributed by atoms with Crippen molar-refractivity contribution in [1.29, 1.82) is 10.5 Å². The highest BCUT2D eigenvalue weighted by molar-refractivity contribution is 7.93. The van der Waals surface area contributed by atoms with Crippen LogP contribution in [0.5, 0.6) is 0 Å². The average molecular weight is 408 g/mol. The van der Waals surface area contributed by atoms with E-state index in [4.69, 9.17) is 5.26 Å². The van der Waals surface area contributed by atoms with Crippen LogP contribution in [0.4, 0.5) is 0 Å². The second kappa shape index (κ2) is 8.04. The van der Waals surface area contributed by atoms with Crippen molar-refractivity contribution in [2.24, 2.45) is 0 Å². The second-order valence-corrected chi connectivity index (χ2v) is 9.44. The summed E-state index contributed by atoms with van der Waals surface area (Å²) in [5.41, 5.74) is 3.36. The van der Waals surface area contributed by atoms with E-state index in [-0.39, 0.29) is 19.5 Å². The Morgan fingerprint density at radius 2 is 1.66 bits per heavy atom. The third-order valence-electron chi connectivity index (χ3n) is 5.15. The Morgan fingerprint density at radius 1 is 1.10 bits per heavy atom. The molecule has 8 heteroatoms. The molecule has 148 valence electrons. The molecule has 1 amide bonds. The lowest BCUT2D eigenvalue weighted by Gasteiger charge is -2.39. The standard InChI is InChI=1S/C21H20N4O3S/c1-29(27,28)21(13-24-14-21)20(26)25-19(12-23)10-15-2-6-17(7-3-15)18-8-4-16(11-22)5-9-18/h2-9,19,24H,10,13-14H2,1H3,(H,25,26). The number of benzene rings is 2. The SMILES string of the molecule is CS(=O)(=O)C1(C(=O)NC(C#N)Cc2ccc(-c3ccc(C#N)cc3)cc2)CNC1. The summed E-state index contributed by atoms with van der Waals surface area (Å²) in [4.78, 5) is 12.5. The van der Waals surface area contributed by atoms with E-state index in [1.165, 1.54) is 0 Å². The molecule has 29 heavy (non-hydrogen) atoms. The highest BCUT2D eigenvalue weighted by Crippen LogP contribution is 2.23. The summed E-state index contributed by atoms with van der Waals surface area (Å²) in [6.45, 7) is 0.101. The quantitative estimate of drug-likeness (QED) is 0.739. The Kier molecular flexibility index (Phi) is 5.69. The number of hydrogen-bond acceptors (Lipinski definition) is 6. The molecule has 1 fully saturated rings. The van der Waals surface area contributed by atoms with Crippen molar-refractivity contribution in [1.82, 2.24) is 10.6 Å². The molecule has 0 radical (unpaired) electrons. The van der Waals surface area contributed by atoms with Crippen LogP contribution in [0, 0.1) is 22.7 Å². The van der Waals surface area contributed by atoms with Crippen LogP contribution in [0.3, 0.4) is 0 Å². The van der Waals surface area contributed by atoms with Gasteiger partial charge in [-0.1, -0.05) is 36.4 Å². The van der Waals surface area contributed by atoms with Crippen LogP contribution in [0.2, 0.25) is 0 Å². The van der Waals surface area contributed by atoms with Gasteiger partial charge in [-0.05, 0) is 28.8 Å². The molecule has 0 bridgehead atoms. The summed E-state index contributed by atoms with van der Waals surface area (Å²) in [6.07, 6.45) is 1.31. The molecule has 2 aromatic carbocycles. The molecule has 3 rings (SSSR count). The van der Waals surface area contributed by atoms with E-state index >= 15 is 0 Å². The van der Waals surface area contributed by atoms with E-state index in [2.05, 4.69) is 16.7 Å². The van der Waals surface area contributed by atoms with Crippen LogP contribution in [0.1, 0.15) is 11.1 Å². The Balaban J connectivity index is 1.69. The van der Waals surface area contributed by atoms with Gasteiger partial charge in [-0.25, -0.2) is 8.42 Å². The molecule has 1 saturated heterocycles. The van der Waals surface area contributed by atoms with E-state index < -0.39 is 26.5 Å². The lowest BCUT2D eigenvalue weighted by Crippen LogP contribution is -2.71. The number of nitrogens with one attached hydrogen (secondary N) is 2. The third-order valence-corrected chi connectivity index (χ3v) is 7.04. The minimum Gasteiger partial charge on any atom is -0.339 e. The van der Waals surface area contributed by atoms with Gasteiger partial charge in [0.25, 0.3) is 0 Å². The molecule has 0 saturated carbocycles. The summed E-state index contributed by atoms with van der Waals surface area (Å²) in [7, 11) is -3.60. The first kappa shape index (κ1) is 20.5. The second-order valence-electron chi connectivity index (χ2n) is 7.12. The van der Waals surface area contributed by atoms with Crippen molar-refractivity contribution < 1.29 is 13.2 Å². The number of carbonyl (C=O) groups is 1. The van der Waals surface area contributed by atoms with Gasteiger partial charge in [-0.3, -0.25) is 4.79 Å². The number of hydrogen-bond donors (Lipinski definition) is 2. The predicted octanol–water partition coefficient (Wildman–Crippen LogP) is 1.16. The Morgan fingerprint density at radius 3 is 2.07 bits per heavy atom. The first-order valence-electron chi connectivity index (χ1n) is 8.99. The molecule has 2 aromatic rings. The number of amides is 1. The fourth-order valence-corrected chi connectivity index (χ4v) is 4.29. The van der Waals surface area contributed by atoms with E-state index in [0.29, 0.717) is 5.56 Å². The number of rotatable bonds is 6. The maximum Gasteiger partial charge on any atom is 0.245 e. The minimum absolute atomic E-state index is 0.0507. The molecule has 1 aliphatic heterocycles. The Bertz CT molecular complexity index is 1090. The van der Waals surface area contributed by atoms with Crippen molar-refractivity contribution in [2.75, 3.05) is 19.3 Å². The Labute approximate surface area is 169 Å². The number of sulfone groups is 1. The van der Waals surface area contributed by atoms with E-state index in [1.54, 1.807) is 12.1 Å². The van der Waals surface area contributed by atoms with Crippen LogP contribution in [-0.4, -0.2) is 44.5 Å². The van der Waals surface area contributed by atoms with Crippen LogP contribution in [0.25, 0.3) is 11.1 Å². The van der Waals surface area contributed by atoms with Crippen LogP contribution >= 0.6 is 0 Å². The molecule has 1 atom stereocenters. The summed E-state index contributed by atoms with van der Waals surface area (Å²) in [5, 5.41) is 23.7. The van der Waals surface area contributed by atoms with E-state index in [9.17, 15) is 18.5 Å². The predicted molar refractivity (Wildman–Crippen MR) is 108 cm³/mol. The number of carbonyl (C=O) groups excluding carboxylic acids is 1. The summed E-state index contributed by atoms with van der Waals surface area (Å²) >= 11 is 0. The molecular formula is C21H20N4O3S. The van der Waals surface area contributed by atoms with Crippen LogP contribution in [-0.2, 0) is 21.1 Å². The van der Waals surface area contributed by atoms with Gasteiger partial charge in [0, 0.05) is 25.8 Å². The van der Waals surface area contributed by atoms with Gasteiger partial charge < -0.3 is 10.6 Å². The first-order chi connectivity index (χ1) is 13.8. The van der Waals surface area contributed by atoms with Crippen molar-refractivity contribution in [2.45, 2.75) is 17.2 Å². The van der Waals surface area contributed by atoms with Gasteiger partial charge in [-0.2, -0.15) is 10.5 Å². The van der Waals surface area contributed by atoms with E-state index in [0.717, 1.165) is 22.9 Å². The van der Waals surface area contributed by atoms with Gasteiger partial charge in [0.05, 0.1) is 17.7 Å². The van der Waals surface area contributed by atoms with Crippen molar-refractivity contribution in [3.05, 3.63) is 59.7 Å². The largest absolute Gasteiger partial charge is 0.339 e. The van der Waals surface area contributed by atoms with E-state index in [1.807, 2.05) is 42.5 Å². The maximum absolute atomic E-state index is 12.5. The molecule has 2 N–H and O–H groups in total. The highest BCUT2D eigenvalue weighted by atomic mass is 32.2. The zero-order chi connectivity index (χ0) is 21.1. The van der Waals surface area contributed by atoms with Gasteiger partial charge in [-0.15, -0.1) is 0 Å². The number of nitriles is 2. The monoisotopic (exact) mass is 408 g/mol. The summed E-state index contributed by atoms with van der Waals surface area (Å²) in [6, 6.07) is 18.0. The van der Waals surface area contributed by atoms with Gasteiger partial charge in [0.15, 0.2) is 14.6 Å². The minimum atomic E-state index is -3.60. The molecule has 1 heterocycles. The smallest absolute Gasteiger partial charge is 0.245 e. The summed E-state index contributed by atoms with van der Waals surface area (Å²) in [5.74, 6) is -0.639. The fraction of sp³-hybridized carbons (Fsp3) is 0.286. The molecule has 0 aromatic heterocycles. The molecular weight excluding hydrogens is 388 g/mol. The molecule has 0 aliphatic carbocycles. The highest BCUT2D eigenvalue weighted by Gasteiger charge is 2.53. The first-order valence-corrected chi connectivity index (χ1v) is 10.9. The lowest BCUT2D eigenvalue weighted by molar-refractivity contribution is -0.125. The topological polar surface area (TPSA) is 123 Å². The molecule has 1 unspecified atom stereocenters. The van der Waals surface area contributed by atoms with Crippen molar-refractivity contribution in [3.8, 4) is 23.3 Å². The van der Waals surface area contributed by atoms with Crippen LogP contribution in [0.15, 0.2) is 48.5 Å². The molecule has 0 spiro atoms. The van der Waals surface area contributed by atoms with Crippen LogP contribution < -0.4 is 10.6 Å². The lowest BCUT2D eigenvalue weighted by atomic mass is 9.98.